The van der Waals surface area contributed by atoms with E-state index < -0.39 is 0 Å². The molecule has 8 heteroatoms. The summed E-state index contributed by atoms with van der Waals surface area (Å²) in [5.41, 5.74) is 40.9. The van der Waals surface area contributed by atoms with E-state index in [1.807, 2.05) is 0 Å². The highest BCUT2D eigenvalue weighted by atomic mass is 15.2. The van der Waals surface area contributed by atoms with Crippen LogP contribution in [0.1, 0.15) is 74.9 Å². The number of nitrogens with zero attached hydrogens (tertiary/aromatic N) is 8. The van der Waals surface area contributed by atoms with E-state index in [2.05, 4.69) is 541 Å². The maximum absolute atomic E-state index is 5.55. The van der Waals surface area contributed by atoms with Crippen molar-refractivity contribution in [3.63, 3.8) is 0 Å². The van der Waals surface area contributed by atoms with E-state index in [4.69, 9.17) is 24.9 Å². The van der Waals surface area contributed by atoms with Gasteiger partial charge in [-0.15, -0.1) is 0 Å². The number of benzene rings is 22. The molecule has 0 atom stereocenters. The molecule has 28 aromatic rings. The lowest BCUT2D eigenvalue weighted by atomic mass is 9.80. The van der Waals surface area contributed by atoms with Crippen LogP contribution in [0.4, 0.5) is 0 Å². The number of hydrogen-bond donors (Lipinski definition) is 0. The maximum Gasteiger partial charge on any atom is 0.235 e. The third-order valence-corrected chi connectivity index (χ3v) is 32.5. The van der Waals surface area contributed by atoms with E-state index in [9.17, 15) is 0 Å². The first-order chi connectivity index (χ1) is 73.7. The highest BCUT2D eigenvalue weighted by Gasteiger charge is 2.45. The highest BCUT2D eigenvalue weighted by Crippen LogP contribution is 2.61. The molecule has 0 saturated carbocycles. The van der Waals surface area contributed by atoms with Crippen LogP contribution in [-0.4, -0.2) is 38.6 Å². The van der Waals surface area contributed by atoms with Crippen LogP contribution in [0, 0.1) is 0 Å². The van der Waals surface area contributed by atoms with E-state index in [1.54, 1.807) is 0 Å². The van der Waals surface area contributed by atoms with Gasteiger partial charge in [-0.2, -0.15) is 0 Å². The fourth-order valence-electron chi connectivity index (χ4n) is 25.7. The van der Waals surface area contributed by atoms with Gasteiger partial charge >= 0.3 is 0 Å². The van der Waals surface area contributed by atoms with Crippen molar-refractivity contribution in [2.45, 2.75) is 57.8 Å². The molecule has 0 amide bonds. The van der Waals surface area contributed by atoms with Crippen LogP contribution < -0.4 is 0 Å². The number of pyridine rings is 1. The SMILES string of the molecule is CC1(C)c2ccccc2-c2c1c1c(c3ccccc23)c2cc(-c3ccccc3)ccc2n1-c1nc(-c2ccc(-c3ccccc3)cc2)c2ccccc2n1.CC1(C)c2ccccc2-c2c1c1c(c3ccccc23)c2ccccc2n1-c1ccc(-c2cc3ccccc3c(-c3ccccc3)n2)cc1.CC1(C)c2ccccc2-c2c1c1c(c3ccccc23)c2ccccc2n1-c1nc(-c2ccc(-c3ccccc3)cc2)c2ccccc2n1. The lowest BCUT2D eigenvalue weighted by Gasteiger charge is -2.24. The van der Waals surface area contributed by atoms with Crippen LogP contribution in [-0.2, 0) is 16.2 Å². The topological polar surface area (TPSA) is 79.2 Å². The van der Waals surface area contributed by atoms with Crippen molar-refractivity contribution in [1.29, 1.82) is 0 Å². The van der Waals surface area contributed by atoms with Crippen LogP contribution >= 0.6 is 0 Å². The highest BCUT2D eigenvalue weighted by molar-refractivity contribution is 6.31. The van der Waals surface area contributed by atoms with Gasteiger partial charge in [-0.25, -0.2) is 24.9 Å². The van der Waals surface area contributed by atoms with E-state index in [0.29, 0.717) is 11.9 Å². The molecule has 6 aromatic heterocycles. The molecule has 3 aliphatic carbocycles. The Morgan fingerprint density at radius 3 is 0.907 bits per heavy atom. The number of aromatic nitrogens is 8. The van der Waals surface area contributed by atoms with Crippen LogP contribution in [0.3, 0.4) is 0 Å². The molecule has 0 fully saturated rings. The fourth-order valence-corrected chi connectivity index (χ4v) is 25.7. The Morgan fingerprint density at radius 1 is 0.187 bits per heavy atom. The Hall–Kier alpha value is -18.9. The summed E-state index contributed by atoms with van der Waals surface area (Å²) in [6, 6.07) is 175. The largest absolute Gasteiger partial charge is 0.309 e. The summed E-state index contributed by atoms with van der Waals surface area (Å²) in [6.07, 6.45) is 0. The van der Waals surface area contributed by atoms with Gasteiger partial charge in [0, 0.05) is 92.7 Å². The summed E-state index contributed by atoms with van der Waals surface area (Å²) < 4.78 is 7.22. The van der Waals surface area contributed by atoms with Gasteiger partial charge in [0.1, 0.15) is 0 Å². The van der Waals surface area contributed by atoms with Gasteiger partial charge in [0.25, 0.3) is 0 Å². The summed E-state index contributed by atoms with van der Waals surface area (Å²) in [6.45, 7) is 14.3. The summed E-state index contributed by atoms with van der Waals surface area (Å²) >= 11 is 0. The van der Waals surface area contributed by atoms with Crippen LogP contribution in [0.25, 0.3) is 260 Å². The standard InChI is InChI=1S/C51H35N3.C46H32N2.C45H31N3/c1-51(2)42-23-13-11-21-39(42)45-37-19-9-10-20-38(37)46-41-31-36(33-17-7-4-8-18-33)29-30-44(41)54(49(46)47(45)51)50-52-43-24-14-12-22-40(43)48(53-50)35-27-25-34(26-28-35)32-15-5-3-6-16-32;1-46(2)38-22-12-10-20-36(38)41-34-18-8-9-19-35(34)42-37-21-11-13-23-40(37)48(45(42)43(41)46)32-26-24-29(25-27-32)39-28-31-16-6-7-17-33(31)44(47-39)30-14-4-3-5-15-30;1-45(2)36-21-11-8-18-33(36)39-31-16-6-7-17-32(31)40-35-20-10-13-23-38(35)48(43(40)41(39)45)44-46-37-22-12-9-19-34(37)42(47-44)30-26-24-29(25-27-30)28-14-4-3-5-15-28/h3-31H,1-2H3;3-28H,1-2H3;3-27H,1-2H3. The Kier molecular flexibility index (Phi) is 19.9. The average molecular weight is 1920 g/mol. The smallest absolute Gasteiger partial charge is 0.235 e. The molecule has 22 aromatic carbocycles. The second-order valence-corrected chi connectivity index (χ2v) is 41.9. The summed E-state index contributed by atoms with van der Waals surface area (Å²) in [4.78, 5) is 27.0. The molecule has 8 nitrogen and oxygen atoms in total. The number of fused-ring (bicyclic) bond motifs is 33. The van der Waals surface area contributed by atoms with Gasteiger partial charge in [-0.05, 0) is 192 Å². The van der Waals surface area contributed by atoms with Crippen molar-refractivity contribution in [3.8, 4) is 129 Å². The Balaban J connectivity index is 0.000000106. The van der Waals surface area contributed by atoms with Gasteiger partial charge in [-0.3, -0.25) is 9.13 Å². The molecule has 150 heavy (non-hydrogen) atoms. The summed E-state index contributed by atoms with van der Waals surface area (Å²) in [7, 11) is 0. The Morgan fingerprint density at radius 2 is 0.473 bits per heavy atom. The first kappa shape index (κ1) is 87.7. The summed E-state index contributed by atoms with van der Waals surface area (Å²) in [5.74, 6) is 1.36. The zero-order valence-corrected chi connectivity index (χ0v) is 83.8. The first-order valence-corrected chi connectivity index (χ1v) is 52.0. The summed E-state index contributed by atoms with van der Waals surface area (Å²) in [5, 5.41) is 19.6. The number of hydrogen-bond acceptors (Lipinski definition) is 5. The molecule has 0 unspecified atom stereocenters. The zero-order valence-electron chi connectivity index (χ0n) is 83.8. The minimum atomic E-state index is -0.268. The van der Waals surface area contributed by atoms with Crippen molar-refractivity contribution in [3.05, 3.63) is 519 Å². The molecule has 0 saturated heterocycles. The minimum absolute atomic E-state index is 0.164. The maximum atomic E-state index is 5.55. The monoisotopic (exact) mass is 1910 g/mol. The van der Waals surface area contributed by atoms with Crippen molar-refractivity contribution in [2.75, 3.05) is 0 Å². The predicted molar refractivity (Wildman–Crippen MR) is 627 cm³/mol. The van der Waals surface area contributed by atoms with Gasteiger partial charge in [0.2, 0.25) is 11.9 Å². The third kappa shape index (κ3) is 13.4. The molecule has 706 valence electrons. The molecule has 31 rings (SSSR count). The van der Waals surface area contributed by atoms with Gasteiger partial charge in [0.05, 0.1) is 66.9 Å². The van der Waals surface area contributed by atoms with E-state index in [-0.39, 0.29) is 16.2 Å². The molecular formula is C142H98N8. The van der Waals surface area contributed by atoms with Crippen LogP contribution in [0.15, 0.2) is 485 Å². The fraction of sp³-hybridized carbons (Fsp3) is 0.0634. The molecule has 0 spiro atoms. The molecule has 0 aliphatic heterocycles. The zero-order chi connectivity index (χ0) is 99.9. The number of rotatable bonds is 10. The predicted octanol–water partition coefficient (Wildman–Crippen LogP) is 36.8. The van der Waals surface area contributed by atoms with Crippen molar-refractivity contribution in [1.82, 2.24) is 38.6 Å². The van der Waals surface area contributed by atoms with E-state index in [0.717, 1.165) is 83.6 Å². The second-order valence-electron chi connectivity index (χ2n) is 41.9. The van der Waals surface area contributed by atoms with Crippen molar-refractivity contribution < 1.29 is 0 Å². The van der Waals surface area contributed by atoms with E-state index >= 15 is 0 Å². The molecule has 6 heterocycles. The van der Waals surface area contributed by atoms with Gasteiger partial charge in [0.15, 0.2) is 0 Å². The molecule has 0 N–H and O–H groups in total. The van der Waals surface area contributed by atoms with Crippen LogP contribution in [0.5, 0.6) is 0 Å². The first-order valence-electron chi connectivity index (χ1n) is 52.0. The lowest BCUT2D eigenvalue weighted by Crippen LogP contribution is -2.17. The molecule has 3 aliphatic rings. The van der Waals surface area contributed by atoms with Crippen molar-refractivity contribution >= 4 is 130 Å². The van der Waals surface area contributed by atoms with Crippen LogP contribution in [0.2, 0.25) is 0 Å². The lowest BCUT2D eigenvalue weighted by molar-refractivity contribution is 0.663. The van der Waals surface area contributed by atoms with Gasteiger partial charge in [-0.1, -0.05) is 472 Å². The second kappa shape index (κ2) is 34.1. The Labute approximate surface area is 868 Å². The quantitative estimate of drug-likeness (QED) is 0.136. The third-order valence-electron chi connectivity index (χ3n) is 32.5. The molecular weight excluding hydrogens is 1820 g/mol. The van der Waals surface area contributed by atoms with Gasteiger partial charge < -0.3 is 4.57 Å². The van der Waals surface area contributed by atoms with Crippen molar-refractivity contribution in [2.24, 2.45) is 0 Å². The van der Waals surface area contributed by atoms with E-state index in [1.165, 1.54) is 198 Å². The minimum Gasteiger partial charge on any atom is -0.309 e. The number of para-hydroxylation sites is 4. The average Bonchev–Trinajstić information content (AvgIpc) is 1.52. The molecule has 0 radical (unpaired) electrons. The Bertz CT molecular complexity index is 10500. The molecule has 0 bridgehead atoms. The normalized spacial score (nSPS) is 13.3.